The van der Waals surface area contributed by atoms with Crippen LogP contribution in [0.3, 0.4) is 0 Å². The van der Waals surface area contributed by atoms with Gasteiger partial charge in [0.2, 0.25) is 0 Å². The normalized spacial score (nSPS) is 10.7. The van der Waals surface area contributed by atoms with E-state index in [0.29, 0.717) is 0 Å². The van der Waals surface area contributed by atoms with Crippen LogP contribution < -0.4 is 0 Å². The molecule has 0 fully saturated rings. The van der Waals surface area contributed by atoms with Gasteiger partial charge in [-0.15, -0.1) is 11.3 Å². The van der Waals surface area contributed by atoms with E-state index in [1.807, 2.05) is 10.8 Å². The molecule has 0 bridgehead atoms. The predicted molar refractivity (Wildman–Crippen MR) is 56.3 cm³/mol. The zero-order valence-electron chi connectivity index (χ0n) is 7.97. The van der Waals surface area contributed by atoms with Crippen molar-refractivity contribution >= 4 is 11.3 Å². The SMILES string of the molecule is Cc1csc(Cn2cnc(CO)c2)c1. The minimum Gasteiger partial charge on any atom is -0.390 e. The number of hydrogen-bond donors (Lipinski definition) is 1. The van der Waals surface area contributed by atoms with Crippen LogP contribution in [0.4, 0.5) is 0 Å². The Kier molecular flexibility index (Phi) is 2.65. The molecule has 2 rings (SSSR count). The maximum atomic E-state index is 8.85. The van der Waals surface area contributed by atoms with Gasteiger partial charge in [0.15, 0.2) is 0 Å². The molecular formula is C10H12N2OS. The summed E-state index contributed by atoms with van der Waals surface area (Å²) in [6.45, 7) is 2.94. The summed E-state index contributed by atoms with van der Waals surface area (Å²) in [7, 11) is 0. The second-order valence-electron chi connectivity index (χ2n) is 3.29. The highest BCUT2D eigenvalue weighted by atomic mass is 32.1. The van der Waals surface area contributed by atoms with E-state index in [-0.39, 0.29) is 6.61 Å². The second-order valence-corrected chi connectivity index (χ2v) is 4.28. The molecule has 1 N–H and O–H groups in total. The van der Waals surface area contributed by atoms with Gasteiger partial charge < -0.3 is 9.67 Å². The molecule has 0 aliphatic carbocycles. The Labute approximate surface area is 86.7 Å². The lowest BCUT2D eigenvalue weighted by molar-refractivity contribution is 0.277. The van der Waals surface area contributed by atoms with Crippen molar-refractivity contribution in [3.05, 3.63) is 40.1 Å². The van der Waals surface area contributed by atoms with Crippen LogP contribution in [-0.4, -0.2) is 14.7 Å². The Morgan fingerprint density at radius 2 is 2.43 bits per heavy atom. The molecule has 0 atom stereocenters. The summed E-state index contributed by atoms with van der Waals surface area (Å²) >= 11 is 1.75. The van der Waals surface area contributed by atoms with Crippen LogP contribution in [0.5, 0.6) is 0 Å². The maximum Gasteiger partial charge on any atom is 0.0953 e. The van der Waals surface area contributed by atoms with Gasteiger partial charge in [0.05, 0.1) is 25.2 Å². The largest absolute Gasteiger partial charge is 0.390 e. The number of aliphatic hydroxyl groups is 1. The Bertz CT molecular complexity index is 419. The molecule has 0 saturated carbocycles. The van der Waals surface area contributed by atoms with Crippen LogP contribution in [0.1, 0.15) is 16.1 Å². The van der Waals surface area contributed by atoms with Crippen molar-refractivity contribution in [2.75, 3.05) is 0 Å². The average Bonchev–Trinajstić information content (AvgIpc) is 2.76. The first kappa shape index (κ1) is 9.43. The summed E-state index contributed by atoms with van der Waals surface area (Å²) in [5, 5.41) is 11.0. The van der Waals surface area contributed by atoms with Gasteiger partial charge in [0, 0.05) is 11.1 Å². The van der Waals surface area contributed by atoms with E-state index >= 15 is 0 Å². The van der Waals surface area contributed by atoms with Crippen LogP contribution in [0.15, 0.2) is 24.0 Å². The highest BCUT2D eigenvalue weighted by Gasteiger charge is 2.00. The third-order valence-corrected chi connectivity index (χ3v) is 3.01. The maximum absolute atomic E-state index is 8.85. The molecule has 2 aromatic rings. The first-order chi connectivity index (χ1) is 6.78. The zero-order chi connectivity index (χ0) is 9.97. The van der Waals surface area contributed by atoms with E-state index in [2.05, 4.69) is 23.4 Å². The molecule has 0 amide bonds. The van der Waals surface area contributed by atoms with Crippen molar-refractivity contribution in [3.63, 3.8) is 0 Å². The van der Waals surface area contributed by atoms with Crippen molar-refractivity contribution in [3.8, 4) is 0 Å². The number of aryl methyl sites for hydroxylation is 1. The molecule has 4 heteroatoms. The molecule has 2 heterocycles. The summed E-state index contributed by atoms with van der Waals surface area (Å²) in [6.07, 6.45) is 3.62. The summed E-state index contributed by atoms with van der Waals surface area (Å²) < 4.78 is 1.98. The molecule has 0 aliphatic rings. The number of hydrogen-bond acceptors (Lipinski definition) is 3. The molecule has 0 radical (unpaired) electrons. The smallest absolute Gasteiger partial charge is 0.0953 e. The van der Waals surface area contributed by atoms with Crippen LogP contribution >= 0.6 is 11.3 Å². The Morgan fingerprint density at radius 3 is 3.00 bits per heavy atom. The number of thiophene rings is 1. The number of imidazole rings is 1. The summed E-state index contributed by atoms with van der Waals surface area (Å²) in [6, 6.07) is 2.17. The lowest BCUT2D eigenvalue weighted by atomic mass is 10.3. The van der Waals surface area contributed by atoms with Gasteiger partial charge in [-0.05, 0) is 23.9 Å². The number of aromatic nitrogens is 2. The molecular weight excluding hydrogens is 196 g/mol. The lowest BCUT2D eigenvalue weighted by Crippen LogP contribution is -1.93. The number of rotatable bonds is 3. The molecule has 0 aromatic carbocycles. The highest BCUT2D eigenvalue weighted by Crippen LogP contribution is 2.15. The monoisotopic (exact) mass is 208 g/mol. The van der Waals surface area contributed by atoms with Crippen LogP contribution in [-0.2, 0) is 13.2 Å². The van der Waals surface area contributed by atoms with Gasteiger partial charge in [0.25, 0.3) is 0 Å². The molecule has 14 heavy (non-hydrogen) atoms. The average molecular weight is 208 g/mol. The number of nitrogens with zero attached hydrogens (tertiary/aromatic N) is 2. The quantitative estimate of drug-likeness (QED) is 0.835. The Hall–Kier alpha value is -1.13. The van der Waals surface area contributed by atoms with Gasteiger partial charge in [0.1, 0.15) is 0 Å². The van der Waals surface area contributed by atoms with Crippen molar-refractivity contribution in [2.45, 2.75) is 20.1 Å². The molecule has 0 saturated heterocycles. The lowest BCUT2D eigenvalue weighted by Gasteiger charge is -1.97. The molecule has 0 spiro atoms. The molecule has 0 unspecified atom stereocenters. The van der Waals surface area contributed by atoms with E-state index in [0.717, 1.165) is 12.2 Å². The molecule has 0 aliphatic heterocycles. The van der Waals surface area contributed by atoms with E-state index < -0.39 is 0 Å². The van der Waals surface area contributed by atoms with Crippen LogP contribution in [0, 0.1) is 6.92 Å². The van der Waals surface area contributed by atoms with Crippen LogP contribution in [0.2, 0.25) is 0 Å². The van der Waals surface area contributed by atoms with Gasteiger partial charge in [-0.2, -0.15) is 0 Å². The van der Waals surface area contributed by atoms with Crippen molar-refractivity contribution in [1.29, 1.82) is 0 Å². The molecule has 3 nitrogen and oxygen atoms in total. The van der Waals surface area contributed by atoms with Gasteiger partial charge in [-0.1, -0.05) is 0 Å². The zero-order valence-corrected chi connectivity index (χ0v) is 8.79. The minimum atomic E-state index is 0.0104. The topological polar surface area (TPSA) is 38.0 Å². The third kappa shape index (κ3) is 2.02. The van der Waals surface area contributed by atoms with Crippen molar-refractivity contribution in [2.24, 2.45) is 0 Å². The summed E-state index contributed by atoms with van der Waals surface area (Å²) in [5.41, 5.74) is 2.02. The summed E-state index contributed by atoms with van der Waals surface area (Å²) in [5.74, 6) is 0. The first-order valence-electron chi connectivity index (χ1n) is 4.43. The van der Waals surface area contributed by atoms with E-state index in [9.17, 15) is 0 Å². The third-order valence-electron chi connectivity index (χ3n) is 1.97. The molecule has 2 aromatic heterocycles. The summed E-state index contributed by atoms with van der Waals surface area (Å²) in [4.78, 5) is 5.36. The van der Waals surface area contributed by atoms with Crippen molar-refractivity contribution < 1.29 is 5.11 Å². The first-order valence-corrected chi connectivity index (χ1v) is 5.31. The molecule has 74 valence electrons. The van der Waals surface area contributed by atoms with Crippen LogP contribution in [0.25, 0.3) is 0 Å². The fourth-order valence-corrected chi connectivity index (χ4v) is 2.21. The highest BCUT2D eigenvalue weighted by molar-refractivity contribution is 7.10. The minimum absolute atomic E-state index is 0.0104. The Balaban J connectivity index is 2.10. The fraction of sp³-hybridized carbons (Fsp3) is 0.300. The van der Waals surface area contributed by atoms with Gasteiger partial charge >= 0.3 is 0 Å². The van der Waals surface area contributed by atoms with E-state index in [1.165, 1.54) is 10.4 Å². The van der Waals surface area contributed by atoms with E-state index in [4.69, 9.17) is 5.11 Å². The number of aliphatic hydroxyl groups excluding tert-OH is 1. The van der Waals surface area contributed by atoms with Crippen molar-refractivity contribution in [1.82, 2.24) is 9.55 Å². The predicted octanol–water partition coefficient (Wildman–Crippen LogP) is 1.79. The van der Waals surface area contributed by atoms with E-state index in [1.54, 1.807) is 17.7 Å². The standard InChI is InChI=1S/C10H12N2OS/c1-8-2-10(14-6-8)4-12-3-9(5-13)11-7-12/h2-3,6-7,13H,4-5H2,1H3. The second kappa shape index (κ2) is 3.94. The van der Waals surface area contributed by atoms with Gasteiger partial charge in [-0.25, -0.2) is 4.98 Å². The van der Waals surface area contributed by atoms with Gasteiger partial charge in [-0.3, -0.25) is 0 Å². The Morgan fingerprint density at radius 1 is 1.57 bits per heavy atom. The fourth-order valence-electron chi connectivity index (χ4n) is 1.33.